The van der Waals surface area contributed by atoms with E-state index in [4.69, 9.17) is 23.2 Å². The molecule has 0 aliphatic carbocycles. The second-order valence-corrected chi connectivity index (χ2v) is 3.06. The normalized spacial score (nSPS) is 13.6. The molecule has 3 heteroatoms. The third-order valence-electron chi connectivity index (χ3n) is 0.682. The van der Waals surface area contributed by atoms with Crippen LogP contribution >= 0.6 is 23.2 Å². The van der Waals surface area contributed by atoms with Crippen molar-refractivity contribution in [2.24, 2.45) is 0 Å². The maximum Gasteiger partial charge on any atom is 0.180 e. The molecular weight excluding hydrogens is 171 g/mol. The zero-order valence-corrected chi connectivity index (χ0v) is 7.33. The van der Waals surface area contributed by atoms with E-state index in [0.29, 0.717) is 10.1 Å². The smallest absolute Gasteiger partial charge is 0.180 e. The van der Waals surface area contributed by atoms with Gasteiger partial charge in [-0.05, 0) is 26.0 Å². The number of hydrogen-bond acceptors (Lipinski definition) is 1. The van der Waals surface area contributed by atoms with E-state index in [2.05, 4.69) is 0 Å². The molecule has 10 heavy (non-hydrogen) atoms. The summed E-state index contributed by atoms with van der Waals surface area (Å²) in [6.45, 7) is 3.27. The highest BCUT2D eigenvalue weighted by Gasteiger charge is 1.91. The second-order valence-electron chi connectivity index (χ2n) is 1.86. The molecule has 0 unspecified atom stereocenters. The minimum Gasteiger partial charge on any atom is -0.290 e. The summed E-state index contributed by atoms with van der Waals surface area (Å²) in [5.41, 5.74) is 0. The van der Waals surface area contributed by atoms with E-state index in [1.54, 1.807) is 13.8 Å². The lowest BCUT2D eigenvalue weighted by Crippen LogP contribution is -1.85. The third kappa shape index (κ3) is 5.86. The van der Waals surface area contributed by atoms with E-state index in [1.165, 1.54) is 12.2 Å². The summed E-state index contributed by atoms with van der Waals surface area (Å²) in [6.07, 6.45) is 2.63. The SMILES string of the molecule is CC(Cl)=CC(=O)C=C(C)Cl. The predicted molar refractivity (Wildman–Crippen MR) is 44.2 cm³/mol. The minimum atomic E-state index is -0.181. The van der Waals surface area contributed by atoms with Crippen molar-refractivity contribution in [2.45, 2.75) is 13.8 Å². The monoisotopic (exact) mass is 178 g/mol. The highest BCUT2D eigenvalue weighted by molar-refractivity contribution is 6.33. The van der Waals surface area contributed by atoms with Crippen LogP contribution in [0.25, 0.3) is 0 Å². The van der Waals surface area contributed by atoms with Gasteiger partial charge < -0.3 is 0 Å². The quantitative estimate of drug-likeness (QED) is 0.595. The lowest BCUT2D eigenvalue weighted by atomic mass is 10.3. The summed E-state index contributed by atoms with van der Waals surface area (Å²) in [5, 5.41) is 0.915. The minimum absolute atomic E-state index is 0.181. The van der Waals surface area contributed by atoms with Crippen molar-refractivity contribution in [2.75, 3.05) is 0 Å². The van der Waals surface area contributed by atoms with E-state index in [-0.39, 0.29) is 5.78 Å². The summed E-state index contributed by atoms with van der Waals surface area (Å²) in [4.78, 5) is 10.7. The maximum atomic E-state index is 10.7. The van der Waals surface area contributed by atoms with Gasteiger partial charge in [-0.25, -0.2) is 0 Å². The Labute approximate surface area is 70.3 Å². The maximum absolute atomic E-state index is 10.7. The average molecular weight is 179 g/mol. The van der Waals surface area contributed by atoms with Crippen LogP contribution in [0.1, 0.15) is 13.8 Å². The van der Waals surface area contributed by atoms with Gasteiger partial charge in [0.05, 0.1) is 0 Å². The third-order valence-corrected chi connectivity index (χ3v) is 0.901. The summed E-state index contributed by atoms with van der Waals surface area (Å²) >= 11 is 10.8. The highest BCUT2D eigenvalue weighted by atomic mass is 35.5. The Kier molecular flexibility index (Phi) is 4.41. The van der Waals surface area contributed by atoms with Crippen LogP contribution in [0, 0.1) is 0 Å². The van der Waals surface area contributed by atoms with Gasteiger partial charge in [0, 0.05) is 10.1 Å². The van der Waals surface area contributed by atoms with Gasteiger partial charge in [-0.1, -0.05) is 23.2 Å². The van der Waals surface area contributed by atoms with Gasteiger partial charge in [-0.2, -0.15) is 0 Å². The summed E-state index contributed by atoms with van der Waals surface area (Å²) in [6, 6.07) is 0. The molecule has 1 nitrogen and oxygen atoms in total. The van der Waals surface area contributed by atoms with Crippen LogP contribution in [-0.2, 0) is 4.79 Å². The first-order valence-corrected chi connectivity index (χ1v) is 3.49. The van der Waals surface area contributed by atoms with E-state index in [9.17, 15) is 4.79 Å². The van der Waals surface area contributed by atoms with E-state index in [1.807, 2.05) is 0 Å². The van der Waals surface area contributed by atoms with Gasteiger partial charge >= 0.3 is 0 Å². The number of rotatable bonds is 2. The van der Waals surface area contributed by atoms with Gasteiger partial charge in [0.15, 0.2) is 5.78 Å². The Morgan fingerprint density at radius 1 is 1.10 bits per heavy atom. The first-order chi connectivity index (χ1) is 4.52. The molecule has 0 amide bonds. The summed E-state index contributed by atoms with van der Waals surface area (Å²) < 4.78 is 0. The standard InChI is InChI=1S/C7H8Cl2O/c1-5(8)3-7(10)4-6(2)9/h3-4H,1-2H3. The van der Waals surface area contributed by atoms with Crippen LogP contribution in [0.2, 0.25) is 0 Å². The number of hydrogen-bond donors (Lipinski definition) is 0. The molecule has 0 saturated carbocycles. The van der Waals surface area contributed by atoms with Crippen molar-refractivity contribution in [3.63, 3.8) is 0 Å². The van der Waals surface area contributed by atoms with Crippen molar-refractivity contribution in [1.29, 1.82) is 0 Å². The van der Waals surface area contributed by atoms with Gasteiger partial charge in [0.2, 0.25) is 0 Å². The van der Waals surface area contributed by atoms with Crippen LogP contribution < -0.4 is 0 Å². The van der Waals surface area contributed by atoms with E-state index in [0.717, 1.165) is 0 Å². The molecule has 0 saturated heterocycles. The zero-order chi connectivity index (χ0) is 8.15. The van der Waals surface area contributed by atoms with Gasteiger partial charge in [-0.3, -0.25) is 4.79 Å². The second kappa shape index (κ2) is 4.53. The lowest BCUT2D eigenvalue weighted by Gasteiger charge is -1.84. The Bertz CT molecular complexity index is 164. The molecule has 0 aliphatic heterocycles. The van der Waals surface area contributed by atoms with Crippen LogP contribution in [0.15, 0.2) is 22.2 Å². The molecule has 0 aromatic heterocycles. The zero-order valence-electron chi connectivity index (χ0n) is 5.82. The molecule has 0 rings (SSSR count). The van der Waals surface area contributed by atoms with Crippen LogP contribution in [-0.4, -0.2) is 5.78 Å². The molecule has 0 radical (unpaired) electrons. The average Bonchev–Trinajstić information content (AvgIpc) is 1.58. The van der Waals surface area contributed by atoms with Gasteiger partial charge in [0.1, 0.15) is 0 Å². The van der Waals surface area contributed by atoms with Crippen molar-refractivity contribution in [3.8, 4) is 0 Å². The number of halogens is 2. The van der Waals surface area contributed by atoms with Crippen molar-refractivity contribution in [1.82, 2.24) is 0 Å². The lowest BCUT2D eigenvalue weighted by molar-refractivity contribution is -0.110. The molecule has 0 aromatic carbocycles. The highest BCUT2D eigenvalue weighted by Crippen LogP contribution is 2.02. The fourth-order valence-electron chi connectivity index (χ4n) is 0.434. The molecule has 0 bridgehead atoms. The number of allylic oxidation sites excluding steroid dienone is 4. The van der Waals surface area contributed by atoms with Gasteiger partial charge in [-0.15, -0.1) is 0 Å². The first kappa shape index (κ1) is 9.73. The molecule has 0 spiro atoms. The van der Waals surface area contributed by atoms with Crippen LogP contribution in [0.3, 0.4) is 0 Å². The largest absolute Gasteiger partial charge is 0.290 e. The Morgan fingerprint density at radius 2 is 1.40 bits per heavy atom. The fraction of sp³-hybridized carbons (Fsp3) is 0.286. The van der Waals surface area contributed by atoms with Crippen molar-refractivity contribution < 1.29 is 4.79 Å². The first-order valence-electron chi connectivity index (χ1n) is 2.74. The summed E-state index contributed by atoms with van der Waals surface area (Å²) in [5.74, 6) is -0.181. The number of carbonyl (C=O) groups excluding carboxylic acids is 1. The van der Waals surface area contributed by atoms with Crippen LogP contribution in [0.4, 0.5) is 0 Å². The molecule has 0 N–H and O–H groups in total. The molecule has 0 fully saturated rings. The topological polar surface area (TPSA) is 17.1 Å². The van der Waals surface area contributed by atoms with Crippen LogP contribution in [0.5, 0.6) is 0 Å². The number of carbonyl (C=O) groups is 1. The molecule has 56 valence electrons. The Morgan fingerprint density at radius 3 is 1.60 bits per heavy atom. The summed E-state index contributed by atoms with van der Waals surface area (Å²) in [7, 11) is 0. The molecule has 0 aromatic rings. The van der Waals surface area contributed by atoms with E-state index >= 15 is 0 Å². The Hall–Kier alpha value is -0.270. The van der Waals surface area contributed by atoms with Crippen molar-refractivity contribution >= 4 is 29.0 Å². The molecule has 0 atom stereocenters. The number of ketones is 1. The molecule has 0 heterocycles. The Balaban J connectivity index is 4.14. The van der Waals surface area contributed by atoms with Gasteiger partial charge in [0.25, 0.3) is 0 Å². The van der Waals surface area contributed by atoms with Crippen molar-refractivity contribution in [3.05, 3.63) is 22.2 Å². The predicted octanol–water partition coefficient (Wildman–Crippen LogP) is 2.84. The molecular formula is C7H8Cl2O. The van der Waals surface area contributed by atoms with E-state index < -0.39 is 0 Å². The fourth-order valence-corrected chi connectivity index (χ4v) is 0.649. The molecule has 0 aliphatic rings.